The average Bonchev–Trinajstić information content (AvgIpc) is 3.92. The monoisotopic (exact) mass is 936 g/mol. The molecule has 67 heavy (non-hydrogen) atoms. The third-order valence-corrected chi connectivity index (χ3v) is 12.2. The molecule has 8 rings (SSSR count). The standard InChI is InChI=1S/C47H53ClN10O9/c1-46(2,3)66-44(64)38-23-29-22-32(10-14-34(29)58(38)45(65)67-47(4,5)6)51-40(60)37(21-27-7-11-33(12-8-27)54-16-15-49-39(41(54)61)30-19-28(20-30)25-59)56-18-17-55(42(62)43(56)63)36-24-31(48)9-13-35(36)57-26-50-52-53-57/h7-14,22-24,26,28,30,37,39,49,59H,15-21,25H2,1-6H3,(H,51,60)/t28?,30?,37-,39?/m0/s1. The van der Waals surface area contributed by atoms with Crippen LogP contribution in [0.1, 0.15) is 70.4 Å². The normalized spacial score (nSPS) is 19.6. The topological polar surface area (TPSA) is 223 Å². The smallest absolute Gasteiger partial charge is 0.419 e. The van der Waals surface area contributed by atoms with Gasteiger partial charge >= 0.3 is 23.9 Å². The molecule has 1 aliphatic carbocycles. The Morgan fingerprint density at radius 3 is 2.27 bits per heavy atom. The van der Waals surface area contributed by atoms with E-state index < -0.39 is 47.0 Å². The van der Waals surface area contributed by atoms with Crippen LogP contribution in [0.25, 0.3) is 16.6 Å². The lowest BCUT2D eigenvalue weighted by molar-refractivity contribution is -0.149. The van der Waals surface area contributed by atoms with Gasteiger partial charge in [0.25, 0.3) is 0 Å². The molecule has 1 saturated carbocycles. The summed E-state index contributed by atoms with van der Waals surface area (Å²) in [5.41, 5.74) is 0.788. The molecular formula is C47H53ClN10O9. The number of hydrogen-bond donors (Lipinski definition) is 3. The van der Waals surface area contributed by atoms with Gasteiger partial charge in [-0.15, -0.1) is 5.10 Å². The van der Waals surface area contributed by atoms with E-state index in [1.807, 2.05) is 0 Å². The van der Waals surface area contributed by atoms with Crippen molar-refractivity contribution < 1.29 is 43.3 Å². The van der Waals surface area contributed by atoms with Crippen molar-refractivity contribution in [2.24, 2.45) is 11.8 Å². The van der Waals surface area contributed by atoms with Crippen molar-refractivity contribution in [1.29, 1.82) is 0 Å². The summed E-state index contributed by atoms with van der Waals surface area (Å²) in [7, 11) is 0. The van der Waals surface area contributed by atoms with Crippen molar-refractivity contribution in [3.05, 3.63) is 89.3 Å². The third kappa shape index (κ3) is 10.0. The van der Waals surface area contributed by atoms with Crippen LogP contribution in [0.15, 0.2) is 73.1 Å². The van der Waals surface area contributed by atoms with Crippen LogP contribution < -0.4 is 20.4 Å². The summed E-state index contributed by atoms with van der Waals surface area (Å²) < 4.78 is 13.8. The summed E-state index contributed by atoms with van der Waals surface area (Å²) in [5.74, 6) is -2.90. The van der Waals surface area contributed by atoms with Crippen molar-refractivity contribution in [2.75, 3.05) is 47.9 Å². The molecule has 0 spiro atoms. The summed E-state index contributed by atoms with van der Waals surface area (Å²) in [5, 5.41) is 27.9. The number of aliphatic hydroxyl groups excluding tert-OH is 1. The molecule has 0 radical (unpaired) electrons. The van der Waals surface area contributed by atoms with Crippen molar-refractivity contribution in [1.82, 2.24) is 35.0 Å². The van der Waals surface area contributed by atoms with E-state index >= 15 is 0 Å². The molecule has 1 unspecified atom stereocenters. The first-order valence-corrected chi connectivity index (χ1v) is 22.5. The fourth-order valence-electron chi connectivity index (χ4n) is 8.77. The van der Waals surface area contributed by atoms with Crippen LogP contribution in [-0.4, -0.2) is 127 Å². The zero-order valence-corrected chi connectivity index (χ0v) is 38.8. The SMILES string of the molecule is CC(C)(C)OC(=O)c1cc2cc(NC(=O)[C@H](Cc3ccc(N4CCNC(C5CC(CO)C5)C4=O)cc3)N3CCN(c4cc(Cl)ccc4-n4cnnn4)C(=O)C3=O)ccc2n1C(=O)OC(C)(C)C. The van der Waals surface area contributed by atoms with Crippen molar-refractivity contribution in [3.63, 3.8) is 0 Å². The van der Waals surface area contributed by atoms with Gasteiger partial charge in [0, 0.05) is 61.0 Å². The number of hydrogen-bond acceptors (Lipinski definition) is 13. The molecular weight excluding hydrogens is 884 g/mol. The second-order valence-electron chi connectivity index (χ2n) is 19.0. The quantitative estimate of drug-likeness (QED) is 0.120. The first-order valence-electron chi connectivity index (χ1n) is 22.1. The molecule has 20 heteroatoms. The number of carbonyl (C=O) groups is 6. The first kappa shape index (κ1) is 46.8. The van der Waals surface area contributed by atoms with E-state index in [2.05, 4.69) is 26.2 Å². The van der Waals surface area contributed by atoms with Gasteiger partial charge in [0.15, 0.2) is 0 Å². The largest absolute Gasteiger partial charge is 0.455 e. The first-order chi connectivity index (χ1) is 31.8. The molecule has 4 heterocycles. The maximum Gasteiger partial charge on any atom is 0.419 e. The van der Waals surface area contributed by atoms with Crippen LogP contribution >= 0.6 is 11.6 Å². The van der Waals surface area contributed by atoms with Gasteiger partial charge in [0.05, 0.1) is 22.9 Å². The summed E-state index contributed by atoms with van der Waals surface area (Å²) in [6.45, 7) is 11.4. The molecule has 2 aromatic heterocycles. The number of benzene rings is 3. The van der Waals surface area contributed by atoms with Crippen LogP contribution in [0.2, 0.25) is 5.02 Å². The highest BCUT2D eigenvalue weighted by Gasteiger charge is 2.43. The Bertz CT molecular complexity index is 2720. The highest BCUT2D eigenvalue weighted by molar-refractivity contribution is 6.41. The van der Waals surface area contributed by atoms with Crippen LogP contribution in [0.5, 0.6) is 0 Å². The van der Waals surface area contributed by atoms with Gasteiger partial charge in [-0.2, -0.15) is 4.68 Å². The molecule has 3 aromatic carbocycles. The van der Waals surface area contributed by atoms with Gasteiger partial charge in [-0.1, -0.05) is 23.7 Å². The molecule has 19 nitrogen and oxygen atoms in total. The molecule has 352 valence electrons. The number of amides is 4. The minimum absolute atomic E-state index is 0.00728. The number of carbonyl (C=O) groups excluding carboxylic acids is 6. The van der Waals surface area contributed by atoms with E-state index in [1.54, 1.807) is 101 Å². The predicted octanol–water partition coefficient (Wildman–Crippen LogP) is 4.76. The number of nitrogens with zero attached hydrogens (tertiary/aromatic N) is 8. The lowest BCUT2D eigenvalue weighted by atomic mass is 9.71. The Balaban J connectivity index is 1.09. The molecule has 5 aromatic rings. The fourth-order valence-corrected chi connectivity index (χ4v) is 8.93. The molecule has 2 saturated heterocycles. The molecule has 3 N–H and O–H groups in total. The van der Waals surface area contributed by atoms with E-state index in [0.717, 1.165) is 17.4 Å². The maximum atomic E-state index is 14.6. The van der Waals surface area contributed by atoms with Crippen molar-refractivity contribution in [3.8, 4) is 5.69 Å². The van der Waals surface area contributed by atoms with Crippen molar-refractivity contribution in [2.45, 2.75) is 84.1 Å². The molecule has 0 bridgehead atoms. The highest BCUT2D eigenvalue weighted by Crippen LogP contribution is 2.38. The van der Waals surface area contributed by atoms with Crippen molar-refractivity contribution >= 4 is 75.3 Å². The lowest BCUT2D eigenvalue weighted by Crippen LogP contribution is -2.60. The zero-order valence-electron chi connectivity index (χ0n) is 38.1. The summed E-state index contributed by atoms with van der Waals surface area (Å²) >= 11 is 6.38. The molecule has 4 amide bonds. The Morgan fingerprint density at radius 2 is 1.60 bits per heavy atom. The number of fused-ring (bicyclic) bond motifs is 1. The fraction of sp³-hybridized carbons (Fsp3) is 0.426. The number of tetrazole rings is 1. The maximum absolute atomic E-state index is 14.6. The van der Waals surface area contributed by atoms with Gasteiger partial charge in [-0.05, 0) is 137 Å². The van der Waals surface area contributed by atoms with E-state index in [-0.39, 0.29) is 61.3 Å². The number of aliphatic hydroxyl groups is 1. The Kier molecular flexibility index (Phi) is 12.9. The minimum atomic E-state index is -1.22. The average molecular weight is 937 g/mol. The molecule has 3 fully saturated rings. The minimum Gasteiger partial charge on any atom is -0.455 e. The Labute approximate surface area is 391 Å². The number of rotatable bonds is 11. The number of esters is 1. The summed E-state index contributed by atoms with van der Waals surface area (Å²) in [4.78, 5) is 88.0. The van der Waals surface area contributed by atoms with Gasteiger partial charge in [-0.3, -0.25) is 19.2 Å². The Morgan fingerprint density at radius 1 is 0.866 bits per heavy atom. The van der Waals surface area contributed by atoms with Crippen LogP contribution in [0.4, 0.5) is 21.9 Å². The van der Waals surface area contributed by atoms with Gasteiger partial charge < -0.3 is 39.9 Å². The van der Waals surface area contributed by atoms with E-state index in [4.69, 9.17) is 21.1 Å². The number of ether oxygens (including phenoxy) is 2. The number of aromatic nitrogens is 5. The molecule has 3 aliphatic rings. The zero-order chi connectivity index (χ0) is 47.9. The second kappa shape index (κ2) is 18.5. The van der Waals surface area contributed by atoms with Crippen LogP contribution in [0, 0.1) is 11.8 Å². The Hall–Kier alpha value is -6.70. The number of nitrogens with one attached hydrogen (secondary N) is 2. The lowest BCUT2D eigenvalue weighted by Gasteiger charge is -2.43. The van der Waals surface area contributed by atoms with E-state index in [9.17, 15) is 33.9 Å². The van der Waals surface area contributed by atoms with E-state index in [1.165, 1.54) is 32.9 Å². The number of piperazine rings is 2. The third-order valence-electron chi connectivity index (χ3n) is 11.9. The molecule has 2 atom stereocenters. The second-order valence-corrected chi connectivity index (χ2v) is 19.5. The van der Waals surface area contributed by atoms with Gasteiger partial charge in [0.1, 0.15) is 29.3 Å². The van der Waals surface area contributed by atoms with E-state index in [0.29, 0.717) is 51.6 Å². The number of halogens is 1. The van der Waals surface area contributed by atoms with Gasteiger partial charge in [-0.25, -0.2) is 14.2 Å². The van der Waals surface area contributed by atoms with Crippen LogP contribution in [-0.2, 0) is 35.1 Å². The number of anilines is 3. The molecule has 2 aliphatic heterocycles. The summed E-state index contributed by atoms with van der Waals surface area (Å²) in [6.07, 6.45) is 2.10. The predicted molar refractivity (Wildman–Crippen MR) is 247 cm³/mol. The summed E-state index contributed by atoms with van der Waals surface area (Å²) in [6, 6.07) is 16.6. The van der Waals surface area contributed by atoms with Crippen LogP contribution in [0.3, 0.4) is 0 Å². The van der Waals surface area contributed by atoms with Gasteiger partial charge in [0.2, 0.25) is 11.8 Å². The highest BCUT2D eigenvalue weighted by atomic mass is 35.5.